The van der Waals surface area contributed by atoms with Gasteiger partial charge >= 0.3 is 0 Å². The molecule has 7 heteroatoms. The summed E-state index contributed by atoms with van der Waals surface area (Å²) >= 11 is 0. The molecule has 0 spiro atoms. The molecule has 0 aliphatic heterocycles. The second kappa shape index (κ2) is 12.1. The Morgan fingerprint density at radius 2 is 1.82 bits per heavy atom. The van der Waals surface area contributed by atoms with Crippen LogP contribution in [0.2, 0.25) is 0 Å². The molecule has 0 fully saturated rings. The predicted octanol–water partition coefficient (Wildman–Crippen LogP) is 5.04. The van der Waals surface area contributed by atoms with Gasteiger partial charge in [0.05, 0.1) is 13.7 Å². The zero-order chi connectivity index (χ0) is 24.3. The molecule has 0 aliphatic carbocycles. The van der Waals surface area contributed by atoms with Crippen LogP contribution < -0.4 is 19.5 Å². The molecule has 0 heterocycles. The van der Waals surface area contributed by atoms with Crippen molar-refractivity contribution in [1.82, 2.24) is 5.32 Å². The molecule has 174 valence electrons. The Morgan fingerprint density at radius 1 is 1.06 bits per heavy atom. The van der Waals surface area contributed by atoms with Gasteiger partial charge in [0.15, 0.2) is 11.5 Å². The van der Waals surface area contributed by atoms with Crippen molar-refractivity contribution < 1.29 is 23.4 Å². The van der Waals surface area contributed by atoms with Crippen molar-refractivity contribution in [3.05, 3.63) is 94.8 Å². The highest BCUT2D eigenvalue weighted by Crippen LogP contribution is 2.30. The van der Waals surface area contributed by atoms with E-state index in [0.717, 1.165) is 11.3 Å². The lowest BCUT2D eigenvalue weighted by atomic mass is 10.1. The molecule has 0 aliphatic rings. The minimum atomic E-state index is -0.490. The lowest BCUT2D eigenvalue weighted by Gasteiger charge is -2.13. The van der Waals surface area contributed by atoms with E-state index in [1.165, 1.54) is 12.1 Å². The molecule has 6 nitrogen and oxygen atoms in total. The Morgan fingerprint density at radius 3 is 2.50 bits per heavy atom. The summed E-state index contributed by atoms with van der Waals surface area (Å²) in [7, 11) is 1.58. The number of hydrogen-bond donors (Lipinski definition) is 1. The van der Waals surface area contributed by atoms with Crippen LogP contribution in [0.3, 0.4) is 0 Å². The number of benzene rings is 3. The molecule has 34 heavy (non-hydrogen) atoms. The standard InChI is InChI=1S/C27H25FN2O4/c1-3-33-26-15-20(10-13-25(26)34-18-21-6-4-5-7-24(21)28)14-22(16-29)27(31)30-17-19-8-11-23(32-2)12-9-19/h4-15H,3,17-18H2,1-2H3,(H,30,31)/b22-14-. The Labute approximate surface area is 198 Å². The van der Waals surface area contributed by atoms with Crippen molar-refractivity contribution in [2.75, 3.05) is 13.7 Å². The fourth-order valence-corrected chi connectivity index (χ4v) is 3.11. The second-order valence-corrected chi connectivity index (χ2v) is 7.22. The van der Waals surface area contributed by atoms with Crippen LogP contribution in [0, 0.1) is 17.1 Å². The highest BCUT2D eigenvalue weighted by Gasteiger charge is 2.12. The minimum Gasteiger partial charge on any atom is -0.497 e. The van der Waals surface area contributed by atoms with Gasteiger partial charge in [-0.05, 0) is 54.5 Å². The molecule has 0 radical (unpaired) electrons. The molecule has 3 rings (SSSR count). The highest BCUT2D eigenvalue weighted by atomic mass is 19.1. The number of carbonyl (C=O) groups excluding carboxylic acids is 1. The van der Waals surface area contributed by atoms with E-state index in [2.05, 4.69) is 5.32 Å². The summed E-state index contributed by atoms with van der Waals surface area (Å²) in [6.07, 6.45) is 1.48. The monoisotopic (exact) mass is 460 g/mol. The quantitative estimate of drug-likeness (QED) is 0.339. The maximum atomic E-state index is 13.9. The Kier molecular flexibility index (Phi) is 8.64. The van der Waals surface area contributed by atoms with Gasteiger partial charge in [0.1, 0.15) is 29.8 Å². The van der Waals surface area contributed by atoms with Crippen LogP contribution in [0.4, 0.5) is 4.39 Å². The minimum absolute atomic E-state index is 0.0408. The van der Waals surface area contributed by atoms with E-state index in [0.29, 0.717) is 29.2 Å². The number of amides is 1. The van der Waals surface area contributed by atoms with Crippen LogP contribution >= 0.6 is 0 Å². The zero-order valence-corrected chi connectivity index (χ0v) is 19.0. The number of methoxy groups -OCH3 is 1. The second-order valence-electron chi connectivity index (χ2n) is 7.22. The van der Waals surface area contributed by atoms with E-state index in [-0.39, 0.29) is 24.5 Å². The Bertz CT molecular complexity index is 1200. The average Bonchev–Trinajstić information content (AvgIpc) is 2.86. The molecule has 0 saturated carbocycles. The van der Waals surface area contributed by atoms with Crippen molar-refractivity contribution in [3.63, 3.8) is 0 Å². The average molecular weight is 461 g/mol. The summed E-state index contributed by atoms with van der Waals surface area (Å²) in [6.45, 7) is 2.53. The third-order valence-corrected chi connectivity index (χ3v) is 4.90. The van der Waals surface area contributed by atoms with Gasteiger partial charge in [-0.3, -0.25) is 4.79 Å². The first kappa shape index (κ1) is 24.3. The van der Waals surface area contributed by atoms with Gasteiger partial charge < -0.3 is 19.5 Å². The summed E-state index contributed by atoms with van der Waals surface area (Å²) in [5.41, 5.74) is 1.85. The Balaban J connectivity index is 1.71. The molecule has 3 aromatic rings. The topological polar surface area (TPSA) is 80.6 Å². The molecular weight excluding hydrogens is 435 g/mol. The van der Waals surface area contributed by atoms with Gasteiger partial charge in [-0.25, -0.2) is 4.39 Å². The van der Waals surface area contributed by atoms with Crippen molar-refractivity contribution in [2.45, 2.75) is 20.1 Å². The van der Waals surface area contributed by atoms with Gasteiger partial charge in [-0.2, -0.15) is 5.26 Å². The van der Waals surface area contributed by atoms with E-state index in [4.69, 9.17) is 14.2 Å². The number of carbonyl (C=O) groups is 1. The third-order valence-electron chi connectivity index (χ3n) is 4.90. The number of halogens is 1. The van der Waals surface area contributed by atoms with Crippen LogP contribution in [0.15, 0.2) is 72.3 Å². The van der Waals surface area contributed by atoms with E-state index >= 15 is 0 Å². The van der Waals surface area contributed by atoms with E-state index < -0.39 is 5.91 Å². The Hall–Kier alpha value is -4.31. The van der Waals surface area contributed by atoms with E-state index in [9.17, 15) is 14.4 Å². The smallest absolute Gasteiger partial charge is 0.262 e. The summed E-state index contributed by atoms with van der Waals surface area (Å²) in [6, 6.07) is 20.6. The SMILES string of the molecule is CCOc1cc(/C=C(/C#N)C(=O)NCc2ccc(OC)cc2)ccc1OCc1ccccc1F. The number of nitrogens with zero attached hydrogens (tertiary/aromatic N) is 1. The van der Waals surface area contributed by atoms with E-state index in [1.807, 2.05) is 25.1 Å². The highest BCUT2D eigenvalue weighted by molar-refractivity contribution is 6.01. The molecule has 1 amide bonds. The molecule has 0 bridgehead atoms. The first-order valence-corrected chi connectivity index (χ1v) is 10.7. The maximum absolute atomic E-state index is 13.9. The summed E-state index contributed by atoms with van der Waals surface area (Å²) < 4.78 is 30.4. The summed E-state index contributed by atoms with van der Waals surface area (Å²) in [4.78, 5) is 12.5. The molecule has 0 aromatic heterocycles. The molecule has 0 atom stereocenters. The van der Waals surface area contributed by atoms with Crippen molar-refractivity contribution in [3.8, 4) is 23.3 Å². The van der Waals surface area contributed by atoms with Crippen LogP contribution in [0.25, 0.3) is 6.08 Å². The number of nitriles is 1. The molecule has 0 saturated heterocycles. The largest absolute Gasteiger partial charge is 0.497 e. The first-order valence-electron chi connectivity index (χ1n) is 10.7. The van der Waals surface area contributed by atoms with Gasteiger partial charge in [-0.1, -0.05) is 36.4 Å². The molecular formula is C27H25FN2O4. The lowest BCUT2D eigenvalue weighted by Crippen LogP contribution is -2.23. The number of rotatable bonds is 10. The van der Waals surface area contributed by atoms with Crippen LogP contribution in [-0.2, 0) is 17.9 Å². The fourth-order valence-electron chi connectivity index (χ4n) is 3.11. The van der Waals surface area contributed by atoms with Gasteiger partial charge in [0.2, 0.25) is 0 Å². The summed E-state index contributed by atoms with van der Waals surface area (Å²) in [5, 5.41) is 12.2. The third kappa shape index (κ3) is 6.59. The predicted molar refractivity (Wildman–Crippen MR) is 127 cm³/mol. The van der Waals surface area contributed by atoms with Crippen LogP contribution in [-0.4, -0.2) is 19.6 Å². The van der Waals surface area contributed by atoms with Crippen LogP contribution in [0.5, 0.6) is 17.2 Å². The van der Waals surface area contributed by atoms with Gasteiger partial charge in [0.25, 0.3) is 5.91 Å². The van der Waals surface area contributed by atoms with Gasteiger partial charge in [-0.15, -0.1) is 0 Å². The van der Waals surface area contributed by atoms with Gasteiger partial charge in [0, 0.05) is 12.1 Å². The molecule has 0 unspecified atom stereocenters. The maximum Gasteiger partial charge on any atom is 0.262 e. The molecule has 1 N–H and O–H groups in total. The molecule has 3 aromatic carbocycles. The lowest BCUT2D eigenvalue weighted by molar-refractivity contribution is -0.117. The van der Waals surface area contributed by atoms with Crippen molar-refractivity contribution in [2.24, 2.45) is 0 Å². The number of ether oxygens (including phenoxy) is 3. The number of nitrogens with one attached hydrogen (secondary N) is 1. The van der Waals surface area contributed by atoms with Crippen molar-refractivity contribution >= 4 is 12.0 Å². The fraction of sp³-hybridized carbons (Fsp3) is 0.185. The van der Waals surface area contributed by atoms with E-state index in [1.54, 1.807) is 55.6 Å². The van der Waals surface area contributed by atoms with Crippen LogP contribution in [0.1, 0.15) is 23.6 Å². The normalized spacial score (nSPS) is 10.8. The van der Waals surface area contributed by atoms with Crippen molar-refractivity contribution in [1.29, 1.82) is 5.26 Å². The number of hydrogen-bond acceptors (Lipinski definition) is 5. The first-order chi connectivity index (χ1) is 16.5. The zero-order valence-electron chi connectivity index (χ0n) is 19.0. The summed E-state index contributed by atoms with van der Waals surface area (Å²) in [5.74, 6) is 0.753.